The number of aromatic nitrogens is 1. The van der Waals surface area contributed by atoms with Gasteiger partial charge in [0.15, 0.2) is 0 Å². The molecule has 0 spiro atoms. The maximum absolute atomic E-state index is 13.7. The summed E-state index contributed by atoms with van der Waals surface area (Å²) in [5.41, 5.74) is 1.59. The summed E-state index contributed by atoms with van der Waals surface area (Å²) in [7, 11) is 0. The molecule has 5 heteroatoms. The van der Waals surface area contributed by atoms with Crippen LogP contribution in [0.1, 0.15) is 63.9 Å². The van der Waals surface area contributed by atoms with Crippen molar-refractivity contribution >= 4 is 22.7 Å². The van der Waals surface area contributed by atoms with E-state index in [2.05, 4.69) is 22.4 Å². The van der Waals surface area contributed by atoms with Crippen molar-refractivity contribution in [2.24, 2.45) is 17.8 Å². The Morgan fingerprint density at radius 1 is 1.13 bits per heavy atom. The summed E-state index contributed by atoms with van der Waals surface area (Å²) in [5.74, 6) is 2.58. The Hall–Kier alpha value is -2.30. The molecule has 0 unspecified atom stereocenters. The monoisotopic (exact) mass is 419 g/mol. The van der Waals surface area contributed by atoms with E-state index in [1.165, 1.54) is 30.2 Å². The molecule has 1 aliphatic heterocycles. The zero-order valence-electron chi connectivity index (χ0n) is 18.5. The van der Waals surface area contributed by atoms with Gasteiger partial charge in [-0.1, -0.05) is 18.2 Å². The number of carbonyl (C=O) groups is 2. The Bertz CT molecular complexity index is 1000. The summed E-state index contributed by atoms with van der Waals surface area (Å²) < 4.78 is 0. The van der Waals surface area contributed by atoms with Gasteiger partial charge in [-0.2, -0.15) is 0 Å². The topological polar surface area (TPSA) is 65.2 Å². The Kier molecular flexibility index (Phi) is 4.28. The zero-order valence-corrected chi connectivity index (χ0v) is 18.5. The molecule has 1 aromatic carbocycles. The maximum Gasteiger partial charge on any atom is 0.246 e. The van der Waals surface area contributed by atoms with E-state index in [0.29, 0.717) is 19.4 Å². The third-order valence-electron chi connectivity index (χ3n) is 8.91. The molecule has 4 aliphatic carbocycles. The van der Waals surface area contributed by atoms with Crippen LogP contribution < -0.4 is 5.32 Å². The Balaban J connectivity index is 1.19. The molecule has 1 saturated heterocycles. The SMILES string of the molecule is C[C@@]1(C(=O)NC23CC4CC(CC(C4)C2)C3)CCC(=O)N1CCc1c[nH]c2ccccc12. The average Bonchev–Trinajstić information content (AvgIpc) is 3.27. The molecular formula is C26H33N3O2. The molecule has 2 aromatic rings. The van der Waals surface area contributed by atoms with Gasteiger partial charge in [0.2, 0.25) is 11.8 Å². The fraction of sp³-hybridized carbons (Fsp3) is 0.615. The van der Waals surface area contributed by atoms with E-state index in [0.717, 1.165) is 49.0 Å². The molecule has 2 N–H and O–H groups in total. The minimum atomic E-state index is -0.730. The van der Waals surface area contributed by atoms with E-state index < -0.39 is 5.54 Å². The van der Waals surface area contributed by atoms with Gasteiger partial charge in [0.1, 0.15) is 5.54 Å². The fourth-order valence-electron chi connectivity index (χ4n) is 7.71. The number of para-hydroxylation sites is 1. The first-order valence-electron chi connectivity index (χ1n) is 12.1. The first-order valence-corrected chi connectivity index (χ1v) is 12.1. The number of likely N-dealkylation sites (tertiary alicyclic amines) is 1. The lowest BCUT2D eigenvalue weighted by molar-refractivity contribution is -0.144. The van der Waals surface area contributed by atoms with E-state index >= 15 is 0 Å². The number of carbonyl (C=O) groups excluding carboxylic acids is 2. The quantitative estimate of drug-likeness (QED) is 0.764. The largest absolute Gasteiger partial charge is 0.361 e. The lowest BCUT2D eigenvalue weighted by Gasteiger charge is -2.57. The first kappa shape index (κ1) is 19.4. The van der Waals surface area contributed by atoms with Gasteiger partial charge < -0.3 is 15.2 Å². The summed E-state index contributed by atoms with van der Waals surface area (Å²) in [6, 6.07) is 8.26. The van der Waals surface area contributed by atoms with Gasteiger partial charge in [-0.3, -0.25) is 9.59 Å². The maximum atomic E-state index is 13.7. The van der Waals surface area contributed by atoms with Crippen molar-refractivity contribution in [1.29, 1.82) is 0 Å². The number of hydrogen-bond acceptors (Lipinski definition) is 2. The molecule has 5 fully saturated rings. The number of fused-ring (bicyclic) bond motifs is 1. The molecule has 31 heavy (non-hydrogen) atoms. The van der Waals surface area contributed by atoms with E-state index in [-0.39, 0.29) is 17.4 Å². The zero-order chi connectivity index (χ0) is 21.2. The van der Waals surface area contributed by atoms with Crippen LogP contribution in [0.5, 0.6) is 0 Å². The highest BCUT2D eigenvalue weighted by Crippen LogP contribution is 2.55. The molecule has 7 rings (SSSR count). The third kappa shape index (κ3) is 3.11. The summed E-state index contributed by atoms with van der Waals surface area (Å²) in [5, 5.41) is 4.74. The van der Waals surface area contributed by atoms with Crippen molar-refractivity contribution in [3.05, 3.63) is 36.0 Å². The van der Waals surface area contributed by atoms with Crippen molar-refractivity contribution in [3.8, 4) is 0 Å². The lowest BCUT2D eigenvalue weighted by atomic mass is 9.53. The number of rotatable bonds is 5. The number of aromatic amines is 1. The van der Waals surface area contributed by atoms with E-state index in [1.54, 1.807) is 0 Å². The van der Waals surface area contributed by atoms with Crippen LogP contribution >= 0.6 is 0 Å². The first-order chi connectivity index (χ1) is 14.9. The molecule has 1 atom stereocenters. The van der Waals surface area contributed by atoms with Crippen molar-refractivity contribution in [3.63, 3.8) is 0 Å². The van der Waals surface area contributed by atoms with Crippen LogP contribution in [0.4, 0.5) is 0 Å². The molecule has 1 aromatic heterocycles. The van der Waals surface area contributed by atoms with E-state index in [9.17, 15) is 9.59 Å². The van der Waals surface area contributed by atoms with E-state index in [1.807, 2.05) is 30.2 Å². The second kappa shape index (κ2) is 6.85. The molecular weight excluding hydrogens is 386 g/mol. The Labute approximate surface area is 184 Å². The normalized spacial score (nSPS) is 36.5. The molecule has 4 bridgehead atoms. The number of hydrogen-bond donors (Lipinski definition) is 2. The highest BCUT2D eigenvalue weighted by molar-refractivity contribution is 5.95. The molecule has 4 saturated carbocycles. The van der Waals surface area contributed by atoms with Crippen LogP contribution in [0.25, 0.3) is 10.9 Å². The van der Waals surface area contributed by atoms with Crippen LogP contribution in [-0.4, -0.2) is 39.3 Å². The molecule has 2 amide bonds. The molecule has 2 heterocycles. The fourth-order valence-corrected chi connectivity index (χ4v) is 7.71. The van der Waals surface area contributed by atoms with E-state index in [4.69, 9.17) is 0 Å². The molecule has 5 nitrogen and oxygen atoms in total. The van der Waals surface area contributed by atoms with Crippen LogP contribution in [0.2, 0.25) is 0 Å². The second-order valence-electron chi connectivity index (χ2n) is 11.1. The van der Waals surface area contributed by atoms with Crippen LogP contribution in [0, 0.1) is 17.8 Å². The van der Waals surface area contributed by atoms with Crippen molar-refractivity contribution < 1.29 is 9.59 Å². The minimum absolute atomic E-state index is 0.0109. The van der Waals surface area contributed by atoms with Gasteiger partial charge in [0.05, 0.1) is 0 Å². The van der Waals surface area contributed by atoms with Gasteiger partial charge in [-0.15, -0.1) is 0 Å². The third-order valence-corrected chi connectivity index (χ3v) is 8.91. The molecule has 0 radical (unpaired) electrons. The Morgan fingerprint density at radius 2 is 1.81 bits per heavy atom. The second-order valence-corrected chi connectivity index (χ2v) is 11.1. The predicted molar refractivity (Wildman–Crippen MR) is 120 cm³/mol. The number of H-pyrrole nitrogens is 1. The highest BCUT2D eigenvalue weighted by Gasteiger charge is 2.54. The standard InChI is InChI=1S/C26H33N3O2/c1-25(24(31)28-26-13-17-10-18(14-26)12-19(11-17)15-26)8-6-23(30)29(25)9-7-20-16-27-22-5-3-2-4-21(20)22/h2-5,16-19,27H,6-15H2,1H3,(H,28,31)/t17?,18?,19?,25-,26?/m0/s1. The number of nitrogens with one attached hydrogen (secondary N) is 2. The van der Waals surface area contributed by atoms with Gasteiger partial charge in [0.25, 0.3) is 0 Å². The molecule has 164 valence electrons. The lowest BCUT2D eigenvalue weighted by Crippen LogP contribution is -2.65. The summed E-state index contributed by atoms with van der Waals surface area (Å²) in [6.45, 7) is 2.58. The minimum Gasteiger partial charge on any atom is -0.361 e. The smallest absolute Gasteiger partial charge is 0.246 e. The van der Waals surface area contributed by atoms with Gasteiger partial charge in [0, 0.05) is 35.6 Å². The van der Waals surface area contributed by atoms with Gasteiger partial charge in [-0.05, 0) is 87.7 Å². The molecule has 5 aliphatic rings. The summed E-state index contributed by atoms with van der Waals surface area (Å²) in [6.07, 6.45) is 11.4. The highest BCUT2D eigenvalue weighted by atomic mass is 16.2. The number of amides is 2. The van der Waals surface area contributed by atoms with Crippen LogP contribution in [0.3, 0.4) is 0 Å². The summed E-state index contributed by atoms with van der Waals surface area (Å²) in [4.78, 5) is 31.7. The average molecular weight is 420 g/mol. The van der Waals surface area contributed by atoms with Crippen molar-refractivity contribution in [1.82, 2.24) is 15.2 Å². The number of nitrogens with zero attached hydrogens (tertiary/aromatic N) is 1. The Morgan fingerprint density at radius 3 is 2.52 bits per heavy atom. The van der Waals surface area contributed by atoms with Gasteiger partial charge >= 0.3 is 0 Å². The predicted octanol–water partition coefficient (Wildman–Crippen LogP) is 4.18. The van der Waals surface area contributed by atoms with Crippen LogP contribution in [-0.2, 0) is 16.0 Å². The van der Waals surface area contributed by atoms with Gasteiger partial charge in [-0.25, -0.2) is 0 Å². The van der Waals surface area contributed by atoms with Crippen molar-refractivity contribution in [2.75, 3.05) is 6.54 Å². The number of benzene rings is 1. The van der Waals surface area contributed by atoms with Crippen LogP contribution in [0.15, 0.2) is 30.5 Å². The summed E-state index contributed by atoms with van der Waals surface area (Å²) >= 11 is 0. The van der Waals surface area contributed by atoms with Crippen molar-refractivity contribution in [2.45, 2.75) is 75.8 Å².